The van der Waals surface area contributed by atoms with Crippen LogP contribution in [0.15, 0.2) is 4.47 Å². The maximum absolute atomic E-state index is 6.07. The van der Waals surface area contributed by atoms with E-state index in [-0.39, 0.29) is 0 Å². The van der Waals surface area contributed by atoms with E-state index < -0.39 is 0 Å². The Hall–Kier alpha value is -0.510. The van der Waals surface area contributed by atoms with E-state index in [2.05, 4.69) is 25.7 Å². The van der Waals surface area contributed by atoms with E-state index >= 15 is 0 Å². The van der Waals surface area contributed by atoms with Gasteiger partial charge in [0, 0.05) is 0 Å². The minimum atomic E-state index is 0.564. The fraction of sp³-hybridized carbons (Fsp3) is 0.727. The molecule has 15 heavy (non-hydrogen) atoms. The molecule has 2 fully saturated rings. The van der Waals surface area contributed by atoms with Gasteiger partial charge in [0.15, 0.2) is 0 Å². The molecule has 4 heteroatoms. The second kappa shape index (κ2) is 3.24. The molecule has 3 nitrogen and oxygen atoms in total. The highest BCUT2D eigenvalue weighted by Gasteiger charge is 2.41. The third kappa shape index (κ3) is 1.34. The van der Waals surface area contributed by atoms with Gasteiger partial charge in [0.25, 0.3) is 0 Å². The summed E-state index contributed by atoms with van der Waals surface area (Å²) in [6, 6.07) is 0.564. The Morgan fingerprint density at radius 2 is 2.20 bits per heavy atom. The number of nitrogens with two attached hydrogens (primary N) is 1. The number of nitrogens with zero attached hydrogens (tertiary/aromatic N) is 2. The van der Waals surface area contributed by atoms with Gasteiger partial charge in [0.2, 0.25) is 0 Å². The summed E-state index contributed by atoms with van der Waals surface area (Å²) in [5, 5.41) is 4.56. The lowest BCUT2D eigenvalue weighted by molar-refractivity contribution is 0.309. The lowest BCUT2D eigenvalue weighted by Gasteiger charge is -2.22. The summed E-state index contributed by atoms with van der Waals surface area (Å²) < 4.78 is 3.04. The van der Waals surface area contributed by atoms with E-state index in [9.17, 15) is 0 Å². The van der Waals surface area contributed by atoms with Crippen LogP contribution in [0.25, 0.3) is 0 Å². The first-order chi connectivity index (χ1) is 7.16. The topological polar surface area (TPSA) is 43.8 Å². The van der Waals surface area contributed by atoms with Gasteiger partial charge in [-0.05, 0) is 54.0 Å². The van der Waals surface area contributed by atoms with Crippen LogP contribution in [0.1, 0.15) is 37.4 Å². The first-order valence-corrected chi connectivity index (χ1v) is 6.46. The third-order valence-electron chi connectivity index (χ3n) is 4.06. The molecule has 82 valence electrons. The van der Waals surface area contributed by atoms with Gasteiger partial charge in [-0.3, -0.25) is 0 Å². The first-order valence-electron chi connectivity index (χ1n) is 5.67. The summed E-state index contributed by atoms with van der Waals surface area (Å²) in [5.41, 5.74) is 7.08. The smallest absolute Gasteiger partial charge is 0.136 e. The monoisotopic (exact) mass is 269 g/mol. The fourth-order valence-corrected chi connectivity index (χ4v) is 3.57. The number of rotatable bonds is 1. The largest absolute Gasteiger partial charge is 0.383 e. The predicted molar refractivity (Wildman–Crippen MR) is 63.6 cm³/mol. The zero-order chi connectivity index (χ0) is 10.6. The molecule has 0 amide bonds. The number of fused-ring (bicyclic) bond motifs is 2. The van der Waals surface area contributed by atoms with Crippen molar-refractivity contribution in [2.24, 2.45) is 11.8 Å². The lowest BCUT2D eigenvalue weighted by Crippen LogP contribution is -2.19. The van der Waals surface area contributed by atoms with Crippen LogP contribution >= 0.6 is 15.9 Å². The maximum Gasteiger partial charge on any atom is 0.136 e. The van der Waals surface area contributed by atoms with Gasteiger partial charge in [-0.15, -0.1) is 0 Å². The van der Waals surface area contributed by atoms with Crippen LogP contribution in [-0.2, 0) is 0 Å². The number of anilines is 1. The van der Waals surface area contributed by atoms with Crippen molar-refractivity contribution in [2.45, 2.75) is 38.6 Å². The Balaban J connectivity index is 1.96. The normalized spacial score (nSPS) is 33.9. The zero-order valence-electron chi connectivity index (χ0n) is 8.91. The molecule has 2 bridgehead atoms. The van der Waals surface area contributed by atoms with E-state index in [0.717, 1.165) is 27.8 Å². The predicted octanol–water partition coefficient (Wildman–Crippen LogP) is 2.90. The second-order valence-corrected chi connectivity index (χ2v) is 5.76. The van der Waals surface area contributed by atoms with Gasteiger partial charge in [-0.25, -0.2) is 4.68 Å². The molecule has 0 aromatic carbocycles. The molecule has 3 unspecified atom stereocenters. The van der Waals surface area contributed by atoms with Gasteiger partial charge < -0.3 is 5.73 Å². The van der Waals surface area contributed by atoms with Gasteiger partial charge in [0.1, 0.15) is 5.82 Å². The molecule has 0 aliphatic heterocycles. The number of aryl methyl sites for hydroxylation is 1. The summed E-state index contributed by atoms with van der Waals surface area (Å²) in [4.78, 5) is 0. The van der Waals surface area contributed by atoms with E-state index in [4.69, 9.17) is 5.73 Å². The highest BCUT2D eigenvalue weighted by Crippen LogP contribution is 2.51. The average Bonchev–Trinajstić information content (AvgIpc) is 2.89. The zero-order valence-corrected chi connectivity index (χ0v) is 10.5. The van der Waals surface area contributed by atoms with Gasteiger partial charge in [0.05, 0.1) is 16.2 Å². The third-order valence-corrected chi connectivity index (χ3v) is 5.04. The first kappa shape index (κ1) is 9.70. The van der Waals surface area contributed by atoms with Crippen LogP contribution in [0.2, 0.25) is 0 Å². The molecular formula is C11H16BrN3. The second-order valence-electron chi connectivity index (χ2n) is 4.97. The van der Waals surface area contributed by atoms with Crippen molar-refractivity contribution in [3.05, 3.63) is 10.2 Å². The lowest BCUT2D eigenvalue weighted by atomic mass is 9.95. The van der Waals surface area contributed by atoms with Crippen LogP contribution < -0.4 is 5.73 Å². The highest BCUT2D eigenvalue weighted by molar-refractivity contribution is 9.10. The van der Waals surface area contributed by atoms with Crippen LogP contribution in [0, 0.1) is 18.8 Å². The Labute approximate surface area is 98.2 Å². The van der Waals surface area contributed by atoms with Crippen molar-refractivity contribution in [2.75, 3.05) is 5.73 Å². The summed E-state index contributed by atoms with van der Waals surface area (Å²) >= 11 is 3.49. The van der Waals surface area contributed by atoms with Crippen LogP contribution in [0.5, 0.6) is 0 Å². The van der Waals surface area contributed by atoms with Gasteiger partial charge in [-0.2, -0.15) is 5.10 Å². The van der Waals surface area contributed by atoms with Crippen molar-refractivity contribution >= 4 is 21.7 Å². The molecular weight excluding hydrogens is 254 g/mol. The number of aromatic nitrogens is 2. The van der Waals surface area contributed by atoms with Crippen molar-refractivity contribution in [1.82, 2.24) is 9.78 Å². The molecule has 3 rings (SSSR count). The maximum atomic E-state index is 6.07. The van der Waals surface area contributed by atoms with Crippen LogP contribution in [0.4, 0.5) is 5.82 Å². The number of hydrogen-bond donors (Lipinski definition) is 1. The molecule has 2 saturated carbocycles. The Kier molecular flexibility index (Phi) is 2.09. The van der Waals surface area contributed by atoms with Crippen molar-refractivity contribution < 1.29 is 0 Å². The Morgan fingerprint density at radius 3 is 2.67 bits per heavy atom. The molecule has 2 N–H and O–H groups in total. The molecule has 0 radical (unpaired) electrons. The number of halogens is 1. The van der Waals surface area contributed by atoms with Gasteiger partial charge in [-0.1, -0.05) is 6.42 Å². The molecule has 2 aliphatic rings. The molecule has 0 saturated heterocycles. The Bertz CT molecular complexity index is 399. The van der Waals surface area contributed by atoms with Crippen molar-refractivity contribution in [3.8, 4) is 0 Å². The minimum Gasteiger partial charge on any atom is -0.383 e. The molecule has 1 aromatic rings. The standard InChI is InChI=1S/C11H16BrN3/c1-6-10(12)11(13)15(14-6)9-5-7-2-3-8(9)4-7/h7-9H,2-5,13H2,1H3. The molecule has 3 atom stereocenters. The number of nitrogen functional groups attached to an aromatic ring is 1. The van der Waals surface area contributed by atoms with Crippen LogP contribution in [-0.4, -0.2) is 9.78 Å². The van der Waals surface area contributed by atoms with E-state index in [1.54, 1.807) is 0 Å². The Morgan fingerprint density at radius 1 is 1.40 bits per heavy atom. The summed E-state index contributed by atoms with van der Waals surface area (Å²) in [6.45, 7) is 2.00. The molecule has 0 spiro atoms. The summed E-state index contributed by atoms with van der Waals surface area (Å²) in [5.74, 6) is 2.57. The molecule has 1 aromatic heterocycles. The van der Waals surface area contributed by atoms with Crippen molar-refractivity contribution in [1.29, 1.82) is 0 Å². The molecule has 2 aliphatic carbocycles. The van der Waals surface area contributed by atoms with E-state index in [1.165, 1.54) is 25.7 Å². The SMILES string of the molecule is Cc1nn(C2CC3CCC2C3)c(N)c1Br. The quantitative estimate of drug-likeness (QED) is 0.852. The number of hydrogen-bond acceptors (Lipinski definition) is 2. The summed E-state index contributed by atoms with van der Waals surface area (Å²) in [7, 11) is 0. The van der Waals surface area contributed by atoms with E-state index in [0.29, 0.717) is 6.04 Å². The van der Waals surface area contributed by atoms with Crippen molar-refractivity contribution in [3.63, 3.8) is 0 Å². The highest BCUT2D eigenvalue weighted by atomic mass is 79.9. The minimum absolute atomic E-state index is 0.564. The van der Waals surface area contributed by atoms with E-state index in [1.807, 2.05) is 6.92 Å². The van der Waals surface area contributed by atoms with Gasteiger partial charge >= 0.3 is 0 Å². The molecule has 1 heterocycles. The average molecular weight is 270 g/mol. The summed E-state index contributed by atoms with van der Waals surface area (Å²) in [6.07, 6.45) is 5.46. The fourth-order valence-electron chi connectivity index (χ4n) is 3.31. The van der Waals surface area contributed by atoms with Crippen LogP contribution in [0.3, 0.4) is 0 Å².